The second-order valence-electron chi connectivity index (χ2n) is 8.25. The fourth-order valence-corrected chi connectivity index (χ4v) is 4.67. The number of carbonyl (C=O) groups excluding carboxylic acids is 1. The Bertz CT molecular complexity index is 994. The minimum Gasteiger partial charge on any atom is -0.465 e. The zero-order valence-corrected chi connectivity index (χ0v) is 18.5. The molecule has 1 aromatic heterocycles. The number of anilines is 1. The lowest BCUT2D eigenvalue weighted by Crippen LogP contribution is -2.51. The molecule has 0 bridgehead atoms. The van der Waals surface area contributed by atoms with Gasteiger partial charge in [-0.2, -0.15) is 0 Å². The van der Waals surface area contributed by atoms with Crippen LogP contribution in [0.1, 0.15) is 48.1 Å². The summed E-state index contributed by atoms with van der Waals surface area (Å²) in [5.41, 5.74) is 2.40. The third-order valence-electron chi connectivity index (χ3n) is 6.20. The van der Waals surface area contributed by atoms with Crippen molar-refractivity contribution in [1.29, 1.82) is 0 Å². The van der Waals surface area contributed by atoms with Gasteiger partial charge in [-0.3, -0.25) is 4.79 Å². The van der Waals surface area contributed by atoms with Crippen LogP contribution in [0.5, 0.6) is 0 Å². The summed E-state index contributed by atoms with van der Waals surface area (Å²) in [7, 11) is 0. The highest BCUT2D eigenvalue weighted by molar-refractivity contribution is 6.30. The van der Waals surface area contributed by atoms with Crippen LogP contribution in [0.3, 0.4) is 0 Å². The molecule has 1 aliphatic heterocycles. The molecule has 1 fully saturated rings. The van der Waals surface area contributed by atoms with Gasteiger partial charge < -0.3 is 25.3 Å². The number of aromatic nitrogens is 2. The smallest absolute Gasteiger partial charge is 0.404 e. The van der Waals surface area contributed by atoms with Crippen molar-refractivity contribution in [2.45, 2.75) is 31.3 Å². The minimum atomic E-state index is -1.17. The number of hydrogen-bond donors (Lipinski definition) is 3. The third-order valence-corrected chi connectivity index (χ3v) is 6.45. The number of benzene rings is 1. The summed E-state index contributed by atoms with van der Waals surface area (Å²) in [5, 5.41) is 22.2. The van der Waals surface area contributed by atoms with E-state index >= 15 is 0 Å². The summed E-state index contributed by atoms with van der Waals surface area (Å²) in [4.78, 5) is 37.0. The number of fused-ring (bicyclic) bond motifs is 1. The van der Waals surface area contributed by atoms with Gasteiger partial charge in [-0.25, -0.2) is 14.8 Å². The number of carboxylic acid groups (broad SMARTS) is 1. The quantitative estimate of drug-likeness (QED) is 0.628. The zero-order chi connectivity index (χ0) is 22.8. The molecular formula is C22H26ClN5O4. The highest BCUT2D eigenvalue weighted by Crippen LogP contribution is 2.42. The van der Waals surface area contributed by atoms with Crippen LogP contribution >= 0.6 is 11.6 Å². The van der Waals surface area contributed by atoms with E-state index in [1.54, 1.807) is 29.2 Å². The average Bonchev–Trinajstić information content (AvgIpc) is 3.08. The van der Waals surface area contributed by atoms with Crippen LogP contribution < -0.4 is 10.2 Å². The number of carbonyl (C=O) groups is 2. The largest absolute Gasteiger partial charge is 0.465 e. The first-order valence-corrected chi connectivity index (χ1v) is 11.0. The minimum absolute atomic E-state index is 0.00909. The summed E-state index contributed by atoms with van der Waals surface area (Å²) in [6, 6.07) is 6.89. The SMILES string of the molecule is C[C@@H]1C[C@@H](O)c2ncnc(N3CCN(C(=O)[C@H](CNC(=O)O)c4ccc(Cl)cc4)CC3)c21. The highest BCUT2D eigenvalue weighted by Gasteiger charge is 2.35. The maximum Gasteiger partial charge on any atom is 0.404 e. The number of amides is 2. The molecule has 1 aromatic carbocycles. The Morgan fingerprint density at radius 2 is 1.88 bits per heavy atom. The van der Waals surface area contributed by atoms with Gasteiger partial charge in [0.05, 0.1) is 17.7 Å². The van der Waals surface area contributed by atoms with Crippen molar-refractivity contribution in [2.75, 3.05) is 37.6 Å². The van der Waals surface area contributed by atoms with Gasteiger partial charge in [0.2, 0.25) is 5.91 Å². The first-order valence-electron chi connectivity index (χ1n) is 10.6. The molecule has 3 N–H and O–H groups in total. The first-order chi connectivity index (χ1) is 15.3. The van der Waals surface area contributed by atoms with Gasteiger partial charge in [-0.15, -0.1) is 0 Å². The van der Waals surface area contributed by atoms with Gasteiger partial charge in [0.1, 0.15) is 12.1 Å². The summed E-state index contributed by atoms with van der Waals surface area (Å²) < 4.78 is 0. The van der Waals surface area contributed by atoms with Crippen molar-refractivity contribution in [1.82, 2.24) is 20.2 Å². The number of halogens is 1. The molecule has 4 rings (SSSR count). The monoisotopic (exact) mass is 459 g/mol. The van der Waals surface area contributed by atoms with Crippen molar-refractivity contribution in [3.63, 3.8) is 0 Å². The fraction of sp³-hybridized carbons (Fsp3) is 0.455. The number of aliphatic hydroxyl groups excluding tert-OH is 1. The Morgan fingerprint density at radius 3 is 2.53 bits per heavy atom. The van der Waals surface area contributed by atoms with E-state index in [0.29, 0.717) is 48.9 Å². The van der Waals surface area contributed by atoms with Gasteiger partial charge in [0, 0.05) is 43.3 Å². The van der Waals surface area contributed by atoms with E-state index in [1.165, 1.54) is 6.33 Å². The van der Waals surface area contributed by atoms with E-state index in [-0.39, 0.29) is 18.4 Å². The van der Waals surface area contributed by atoms with Crippen molar-refractivity contribution in [2.24, 2.45) is 0 Å². The highest BCUT2D eigenvalue weighted by atomic mass is 35.5. The molecule has 2 heterocycles. The first kappa shape index (κ1) is 22.3. The van der Waals surface area contributed by atoms with E-state index in [4.69, 9.17) is 16.7 Å². The number of nitrogens with one attached hydrogen (secondary N) is 1. The molecule has 1 saturated heterocycles. The third kappa shape index (κ3) is 4.49. The molecule has 0 saturated carbocycles. The topological polar surface area (TPSA) is 119 Å². The molecule has 9 nitrogen and oxygen atoms in total. The Labute approximate surface area is 191 Å². The molecule has 3 atom stereocenters. The number of hydrogen-bond acceptors (Lipinski definition) is 6. The van der Waals surface area contributed by atoms with Gasteiger partial charge in [-0.05, 0) is 30.0 Å². The van der Waals surface area contributed by atoms with E-state index in [9.17, 15) is 14.7 Å². The number of aliphatic hydroxyl groups is 1. The molecule has 32 heavy (non-hydrogen) atoms. The van der Waals surface area contributed by atoms with Crippen LogP contribution in [0.25, 0.3) is 0 Å². The summed E-state index contributed by atoms with van der Waals surface area (Å²) in [6.45, 7) is 4.23. The maximum atomic E-state index is 13.3. The van der Waals surface area contributed by atoms with Crippen LogP contribution in [0.2, 0.25) is 5.02 Å². The van der Waals surface area contributed by atoms with Crippen LogP contribution in [0.15, 0.2) is 30.6 Å². The van der Waals surface area contributed by atoms with Gasteiger partial charge >= 0.3 is 6.09 Å². The molecule has 2 amide bonds. The summed E-state index contributed by atoms with van der Waals surface area (Å²) >= 11 is 5.97. The molecule has 2 aliphatic rings. The molecule has 1 aliphatic carbocycles. The Kier molecular flexibility index (Phi) is 6.48. The number of piperazine rings is 1. The normalized spacial score (nSPS) is 21.2. The van der Waals surface area contributed by atoms with Crippen molar-refractivity contribution in [3.8, 4) is 0 Å². The predicted molar refractivity (Wildman–Crippen MR) is 119 cm³/mol. The lowest BCUT2D eigenvalue weighted by molar-refractivity contribution is -0.133. The van der Waals surface area contributed by atoms with Crippen molar-refractivity contribution < 1.29 is 19.8 Å². The van der Waals surface area contributed by atoms with Gasteiger partial charge in [0.15, 0.2) is 0 Å². The summed E-state index contributed by atoms with van der Waals surface area (Å²) in [6.07, 6.45) is 0.391. The average molecular weight is 460 g/mol. The lowest BCUT2D eigenvalue weighted by Gasteiger charge is -2.38. The molecule has 0 radical (unpaired) electrons. The van der Waals surface area contributed by atoms with E-state index in [1.807, 2.05) is 0 Å². The van der Waals surface area contributed by atoms with Crippen molar-refractivity contribution >= 4 is 29.4 Å². The molecule has 2 aromatic rings. The fourth-order valence-electron chi connectivity index (χ4n) is 4.55. The molecule has 170 valence electrons. The van der Waals surface area contributed by atoms with Crippen LogP contribution in [0, 0.1) is 0 Å². The van der Waals surface area contributed by atoms with Crippen LogP contribution in [-0.4, -0.2) is 69.8 Å². The lowest BCUT2D eigenvalue weighted by atomic mass is 9.97. The van der Waals surface area contributed by atoms with Crippen LogP contribution in [-0.2, 0) is 4.79 Å². The maximum absolute atomic E-state index is 13.3. The second kappa shape index (κ2) is 9.30. The standard InChI is InChI=1S/C22H26ClN5O4/c1-13-10-17(29)19-18(13)20(26-12-25-19)27-6-8-28(9-7-27)21(30)16(11-24-22(31)32)14-2-4-15(23)5-3-14/h2-5,12-13,16-17,24,29H,6-11H2,1H3,(H,31,32)/t13-,16-,17-/m1/s1. The molecular weight excluding hydrogens is 434 g/mol. The Hall–Kier alpha value is -2.91. The zero-order valence-electron chi connectivity index (χ0n) is 17.7. The predicted octanol–water partition coefficient (Wildman–Crippen LogP) is 2.37. The van der Waals surface area contributed by atoms with E-state index < -0.39 is 18.1 Å². The molecule has 0 spiro atoms. The molecule has 10 heteroatoms. The van der Waals surface area contributed by atoms with Gasteiger partial charge in [-0.1, -0.05) is 30.7 Å². The summed E-state index contributed by atoms with van der Waals surface area (Å²) in [5.74, 6) is 0.242. The van der Waals surface area contributed by atoms with Gasteiger partial charge in [0.25, 0.3) is 0 Å². The Balaban J connectivity index is 1.47. The molecule has 0 unspecified atom stereocenters. The van der Waals surface area contributed by atoms with Crippen molar-refractivity contribution in [3.05, 3.63) is 52.4 Å². The van der Waals surface area contributed by atoms with E-state index in [0.717, 1.165) is 11.4 Å². The van der Waals surface area contributed by atoms with Crippen LogP contribution in [0.4, 0.5) is 10.6 Å². The number of nitrogens with zero attached hydrogens (tertiary/aromatic N) is 4. The number of rotatable bonds is 5. The Morgan fingerprint density at radius 1 is 1.19 bits per heavy atom. The second-order valence-corrected chi connectivity index (χ2v) is 8.69. The van der Waals surface area contributed by atoms with E-state index in [2.05, 4.69) is 27.1 Å².